The number of aliphatic hydroxyl groups is 2. The van der Waals surface area contributed by atoms with Crippen LogP contribution in [0, 0.1) is 17.8 Å². The van der Waals surface area contributed by atoms with E-state index in [0.29, 0.717) is 0 Å². The van der Waals surface area contributed by atoms with Crippen LogP contribution in [-0.4, -0.2) is 36.6 Å². The van der Waals surface area contributed by atoms with Gasteiger partial charge in [0.1, 0.15) is 24.7 Å². The summed E-state index contributed by atoms with van der Waals surface area (Å²) >= 11 is 0. The highest BCUT2D eigenvalue weighted by Gasteiger charge is 2.36. The number of benzene rings is 3. The van der Waals surface area contributed by atoms with Crippen molar-refractivity contribution in [1.29, 1.82) is 0 Å². The zero-order chi connectivity index (χ0) is 25.6. The minimum atomic E-state index is -0.0606. The molecule has 188 valence electrons. The van der Waals surface area contributed by atoms with Gasteiger partial charge in [0.15, 0.2) is 0 Å². The molecule has 0 saturated carbocycles. The van der Waals surface area contributed by atoms with Gasteiger partial charge < -0.3 is 19.7 Å². The van der Waals surface area contributed by atoms with Crippen LogP contribution in [0.25, 0.3) is 10.8 Å². The van der Waals surface area contributed by atoms with Gasteiger partial charge in [-0.25, -0.2) is 0 Å². The van der Waals surface area contributed by atoms with E-state index in [1.54, 1.807) is 0 Å². The van der Waals surface area contributed by atoms with Crippen molar-refractivity contribution in [2.45, 2.75) is 25.7 Å². The summed E-state index contributed by atoms with van der Waals surface area (Å²) in [7, 11) is 0. The lowest BCUT2D eigenvalue weighted by molar-refractivity contribution is 0.126. The van der Waals surface area contributed by atoms with Crippen molar-refractivity contribution in [2.75, 3.05) is 26.4 Å². The smallest absolute Gasteiger partial charge is 0.124 e. The Kier molecular flexibility index (Phi) is 7.75. The third-order valence-electron chi connectivity index (χ3n) is 7.01. The summed E-state index contributed by atoms with van der Waals surface area (Å²) in [6.07, 6.45) is 8.51. The van der Waals surface area contributed by atoms with E-state index < -0.39 is 0 Å². The Balaban J connectivity index is 1.63. The number of fused-ring (bicyclic) bond motifs is 2. The zero-order valence-electron chi connectivity index (χ0n) is 21.1. The van der Waals surface area contributed by atoms with Gasteiger partial charge in [0.05, 0.1) is 19.1 Å². The van der Waals surface area contributed by atoms with Crippen LogP contribution in [0.2, 0.25) is 0 Å². The first kappa shape index (κ1) is 24.9. The third kappa shape index (κ3) is 5.49. The number of aliphatic hydroxyl groups excluding tert-OH is 2. The van der Waals surface area contributed by atoms with Crippen molar-refractivity contribution in [3.63, 3.8) is 0 Å². The molecule has 0 saturated heterocycles. The van der Waals surface area contributed by atoms with E-state index in [1.165, 1.54) is 11.1 Å². The van der Waals surface area contributed by atoms with Crippen LogP contribution >= 0.6 is 0 Å². The molecule has 37 heavy (non-hydrogen) atoms. The predicted molar refractivity (Wildman–Crippen MR) is 147 cm³/mol. The summed E-state index contributed by atoms with van der Waals surface area (Å²) in [6, 6.07) is 20.3. The lowest BCUT2D eigenvalue weighted by Gasteiger charge is -2.36. The molecular weight excluding hydrogens is 460 g/mol. The standard InChI is InChI=1S/C33H32O4/c1-23-7-13-28-26(21-23)11-15-30(36-19-17-34)32(28)33-29-14-10-25(9-8-24-5-3-2-4-6-24)22-27(29)12-16-31(33)37-20-18-35/h2-6,10-12,14-16,21-22,28,32,34-35H,7,13,17-20H2,1H3. The molecule has 3 aromatic rings. The fourth-order valence-corrected chi connectivity index (χ4v) is 5.35. The first-order chi connectivity index (χ1) is 18.2. The molecule has 0 heterocycles. The van der Waals surface area contributed by atoms with Crippen LogP contribution in [0.1, 0.15) is 42.4 Å². The zero-order valence-corrected chi connectivity index (χ0v) is 21.1. The van der Waals surface area contributed by atoms with Crippen molar-refractivity contribution in [3.8, 4) is 17.6 Å². The largest absolute Gasteiger partial charge is 0.495 e. The molecule has 4 heteroatoms. The van der Waals surface area contributed by atoms with Gasteiger partial charge >= 0.3 is 0 Å². The van der Waals surface area contributed by atoms with Gasteiger partial charge in [-0.1, -0.05) is 59.9 Å². The molecule has 2 unspecified atom stereocenters. The summed E-state index contributed by atoms with van der Waals surface area (Å²) in [5.41, 5.74) is 5.65. The van der Waals surface area contributed by atoms with Crippen molar-refractivity contribution >= 4 is 10.8 Å². The van der Waals surface area contributed by atoms with Gasteiger partial charge in [0.2, 0.25) is 0 Å². The van der Waals surface area contributed by atoms with E-state index >= 15 is 0 Å². The molecule has 2 atom stereocenters. The predicted octanol–water partition coefficient (Wildman–Crippen LogP) is 5.88. The maximum atomic E-state index is 9.50. The van der Waals surface area contributed by atoms with E-state index in [4.69, 9.17) is 9.47 Å². The Morgan fingerprint density at radius 3 is 2.46 bits per heavy atom. The average Bonchev–Trinajstić information content (AvgIpc) is 2.93. The summed E-state index contributed by atoms with van der Waals surface area (Å²) in [5.74, 6) is 8.30. The number of allylic oxidation sites excluding steroid dienone is 6. The summed E-state index contributed by atoms with van der Waals surface area (Å²) < 4.78 is 12.2. The van der Waals surface area contributed by atoms with Gasteiger partial charge in [-0.15, -0.1) is 0 Å². The molecule has 0 bridgehead atoms. The van der Waals surface area contributed by atoms with Gasteiger partial charge in [-0.3, -0.25) is 0 Å². The van der Waals surface area contributed by atoms with E-state index in [0.717, 1.165) is 51.8 Å². The molecule has 2 N–H and O–H groups in total. The molecule has 0 fully saturated rings. The van der Waals surface area contributed by atoms with Crippen LogP contribution < -0.4 is 4.74 Å². The van der Waals surface area contributed by atoms with Gasteiger partial charge in [0.25, 0.3) is 0 Å². The van der Waals surface area contributed by atoms with Gasteiger partial charge in [-0.05, 0) is 78.4 Å². The molecule has 0 aliphatic heterocycles. The molecule has 2 aliphatic carbocycles. The molecule has 3 aromatic carbocycles. The lowest BCUT2D eigenvalue weighted by Crippen LogP contribution is -2.25. The van der Waals surface area contributed by atoms with E-state index in [2.05, 4.69) is 55.2 Å². The Bertz CT molecular complexity index is 1420. The van der Waals surface area contributed by atoms with Crippen LogP contribution in [0.5, 0.6) is 5.75 Å². The average molecular weight is 493 g/mol. The minimum absolute atomic E-state index is 0.0445. The maximum absolute atomic E-state index is 9.50. The van der Waals surface area contributed by atoms with Crippen molar-refractivity contribution < 1.29 is 19.7 Å². The molecule has 5 rings (SSSR count). The Morgan fingerprint density at radius 1 is 0.865 bits per heavy atom. The number of rotatable bonds is 7. The highest BCUT2D eigenvalue weighted by Crippen LogP contribution is 2.50. The van der Waals surface area contributed by atoms with Crippen molar-refractivity contribution in [1.82, 2.24) is 0 Å². The summed E-state index contributed by atoms with van der Waals surface area (Å²) in [4.78, 5) is 0. The summed E-state index contributed by atoms with van der Waals surface area (Å²) in [5, 5.41) is 21.1. The SMILES string of the molecule is CC1=CC2=CC=C(OCCO)C(c3c(OCCO)ccc4cc(C#Cc5ccccc5)ccc34)C2CC1. The van der Waals surface area contributed by atoms with E-state index in [-0.39, 0.29) is 38.3 Å². The van der Waals surface area contributed by atoms with Crippen LogP contribution in [0.4, 0.5) is 0 Å². The van der Waals surface area contributed by atoms with Crippen LogP contribution in [-0.2, 0) is 4.74 Å². The van der Waals surface area contributed by atoms with E-state index in [9.17, 15) is 10.2 Å². The molecule has 0 amide bonds. The van der Waals surface area contributed by atoms with Crippen molar-refractivity contribution in [2.24, 2.45) is 5.92 Å². The van der Waals surface area contributed by atoms with Crippen molar-refractivity contribution in [3.05, 3.63) is 112 Å². The number of hydrogen-bond donors (Lipinski definition) is 2. The Morgan fingerprint density at radius 2 is 1.65 bits per heavy atom. The fourth-order valence-electron chi connectivity index (χ4n) is 5.35. The molecule has 0 aromatic heterocycles. The fraction of sp³-hybridized carbons (Fsp3) is 0.273. The Hall–Kier alpha value is -3.78. The highest BCUT2D eigenvalue weighted by molar-refractivity contribution is 5.90. The summed E-state index contributed by atoms with van der Waals surface area (Å²) in [6.45, 7) is 2.53. The van der Waals surface area contributed by atoms with Crippen LogP contribution in [0.15, 0.2) is 95.8 Å². The Labute approximate surface area is 218 Å². The topological polar surface area (TPSA) is 58.9 Å². The quantitative estimate of drug-likeness (QED) is 0.404. The first-order valence-corrected chi connectivity index (χ1v) is 12.9. The highest BCUT2D eigenvalue weighted by atomic mass is 16.5. The first-order valence-electron chi connectivity index (χ1n) is 12.9. The molecule has 2 aliphatic rings. The second-order valence-corrected chi connectivity index (χ2v) is 9.52. The third-order valence-corrected chi connectivity index (χ3v) is 7.01. The molecule has 0 spiro atoms. The maximum Gasteiger partial charge on any atom is 0.124 e. The van der Waals surface area contributed by atoms with E-state index in [1.807, 2.05) is 42.5 Å². The number of hydrogen-bond acceptors (Lipinski definition) is 4. The minimum Gasteiger partial charge on any atom is -0.495 e. The molecule has 0 radical (unpaired) electrons. The second-order valence-electron chi connectivity index (χ2n) is 9.52. The number of ether oxygens (including phenoxy) is 2. The molecule has 4 nitrogen and oxygen atoms in total. The van der Waals surface area contributed by atoms with Gasteiger partial charge in [0, 0.05) is 16.7 Å². The normalized spacial score (nSPS) is 18.6. The monoisotopic (exact) mass is 492 g/mol. The van der Waals surface area contributed by atoms with Crippen LogP contribution in [0.3, 0.4) is 0 Å². The van der Waals surface area contributed by atoms with Gasteiger partial charge in [-0.2, -0.15) is 0 Å². The second kappa shape index (κ2) is 11.5. The molecular formula is C33H32O4. The lowest BCUT2D eigenvalue weighted by atomic mass is 9.70.